The first-order chi connectivity index (χ1) is 9.02. The van der Waals surface area contributed by atoms with Gasteiger partial charge in [-0.2, -0.15) is 0 Å². The third kappa shape index (κ3) is 3.82. The molecule has 1 nitrogen and oxygen atoms in total. The van der Waals surface area contributed by atoms with Crippen LogP contribution < -0.4 is 5.32 Å². The predicted octanol–water partition coefficient (Wildman–Crippen LogP) is 5.28. The van der Waals surface area contributed by atoms with Gasteiger partial charge < -0.3 is 5.32 Å². The largest absolute Gasteiger partial charge is 0.312 e. The van der Waals surface area contributed by atoms with E-state index < -0.39 is 0 Å². The second kappa shape index (κ2) is 6.41. The van der Waals surface area contributed by atoms with Crippen molar-refractivity contribution in [2.75, 3.05) is 7.05 Å². The van der Waals surface area contributed by atoms with Gasteiger partial charge in [-0.1, -0.05) is 46.5 Å². The van der Waals surface area contributed by atoms with Crippen LogP contribution >= 0.6 is 11.3 Å². The monoisotopic (exact) mass is 279 g/mol. The van der Waals surface area contributed by atoms with Gasteiger partial charge in [0.1, 0.15) is 0 Å². The smallest absolute Gasteiger partial charge is 0.0441 e. The number of hydrogen-bond donors (Lipinski definition) is 1. The van der Waals surface area contributed by atoms with Crippen molar-refractivity contribution in [2.24, 2.45) is 5.92 Å². The lowest BCUT2D eigenvalue weighted by atomic mass is 9.90. The minimum Gasteiger partial charge on any atom is -0.312 e. The van der Waals surface area contributed by atoms with Gasteiger partial charge in [-0.3, -0.25) is 0 Å². The second-order valence-electron chi connectivity index (χ2n) is 6.97. The minimum atomic E-state index is 0.282. The van der Waals surface area contributed by atoms with Gasteiger partial charge in [0.15, 0.2) is 0 Å². The van der Waals surface area contributed by atoms with Crippen molar-refractivity contribution in [3.8, 4) is 0 Å². The van der Waals surface area contributed by atoms with E-state index in [1.54, 1.807) is 4.88 Å². The van der Waals surface area contributed by atoms with E-state index in [-0.39, 0.29) is 5.41 Å². The molecule has 0 spiro atoms. The Morgan fingerprint density at radius 1 is 1.11 bits per heavy atom. The molecule has 1 atom stereocenters. The first kappa shape index (κ1) is 15.1. The van der Waals surface area contributed by atoms with E-state index >= 15 is 0 Å². The van der Waals surface area contributed by atoms with Gasteiger partial charge in [-0.05, 0) is 43.4 Å². The molecule has 2 rings (SSSR count). The summed E-state index contributed by atoms with van der Waals surface area (Å²) in [6.45, 7) is 6.92. The van der Waals surface area contributed by atoms with Crippen LogP contribution in [0, 0.1) is 5.92 Å². The molecule has 0 saturated heterocycles. The van der Waals surface area contributed by atoms with Crippen LogP contribution in [-0.2, 0) is 5.41 Å². The molecule has 1 heterocycles. The molecule has 0 bridgehead atoms. The minimum absolute atomic E-state index is 0.282. The third-order valence-electron chi connectivity index (χ3n) is 4.35. The van der Waals surface area contributed by atoms with E-state index in [0.29, 0.717) is 6.04 Å². The number of thiophene rings is 1. The summed E-state index contributed by atoms with van der Waals surface area (Å²) < 4.78 is 0. The maximum atomic E-state index is 3.59. The highest BCUT2D eigenvalue weighted by Crippen LogP contribution is 2.38. The molecule has 1 aliphatic carbocycles. The standard InChI is InChI=1S/C17H29NS/c1-17(2,3)15-12-11-14(19-15)16(18-4)13-9-7-5-6-8-10-13/h11-13,16,18H,5-10H2,1-4H3. The lowest BCUT2D eigenvalue weighted by molar-refractivity contribution is 0.346. The lowest BCUT2D eigenvalue weighted by Gasteiger charge is -2.25. The molecule has 1 aromatic rings. The van der Waals surface area contributed by atoms with E-state index in [1.807, 2.05) is 11.3 Å². The maximum Gasteiger partial charge on any atom is 0.0441 e. The topological polar surface area (TPSA) is 12.0 Å². The first-order valence-corrected chi connectivity index (χ1v) is 8.61. The van der Waals surface area contributed by atoms with Crippen molar-refractivity contribution in [2.45, 2.75) is 70.8 Å². The Morgan fingerprint density at radius 3 is 2.21 bits per heavy atom. The fourth-order valence-corrected chi connectivity index (χ4v) is 4.45. The molecular formula is C17H29NS. The normalized spacial score (nSPS) is 20.2. The van der Waals surface area contributed by atoms with Gasteiger partial charge in [-0.25, -0.2) is 0 Å². The average Bonchev–Trinajstić information content (AvgIpc) is 2.68. The van der Waals surface area contributed by atoms with Crippen LogP contribution in [0.25, 0.3) is 0 Å². The molecule has 1 N–H and O–H groups in total. The average molecular weight is 279 g/mol. The molecule has 0 aromatic carbocycles. The predicted molar refractivity (Wildman–Crippen MR) is 86.0 cm³/mol. The Hall–Kier alpha value is -0.340. The van der Waals surface area contributed by atoms with Gasteiger partial charge in [0, 0.05) is 15.8 Å². The summed E-state index contributed by atoms with van der Waals surface area (Å²) in [7, 11) is 2.13. The van der Waals surface area contributed by atoms with E-state index in [2.05, 4.69) is 45.3 Å². The Labute approximate surface area is 122 Å². The number of rotatable bonds is 3. The van der Waals surface area contributed by atoms with Crippen LogP contribution in [0.3, 0.4) is 0 Å². The fourth-order valence-electron chi connectivity index (χ4n) is 3.18. The summed E-state index contributed by atoms with van der Waals surface area (Å²) in [5, 5.41) is 3.59. The zero-order chi connectivity index (χ0) is 13.9. The molecule has 0 radical (unpaired) electrons. The first-order valence-electron chi connectivity index (χ1n) is 7.80. The van der Waals surface area contributed by atoms with Crippen molar-refractivity contribution < 1.29 is 0 Å². The van der Waals surface area contributed by atoms with Crippen molar-refractivity contribution >= 4 is 11.3 Å². The van der Waals surface area contributed by atoms with Crippen LogP contribution in [-0.4, -0.2) is 7.05 Å². The molecule has 0 aliphatic heterocycles. The molecular weight excluding hydrogens is 250 g/mol. The number of hydrogen-bond acceptors (Lipinski definition) is 2. The van der Waals surface area contributed by atoms with Crippen LogP contribution in [0.1, 0.15) is 75.1 Å². The summed E-state index contributed by atoms with van der Waals surface area (Å²) in [5.41, 5.74) is 0.282. The van der Waals surface area contributed by atoms with E-state index in [0.717, 1.165) is 5.92 Å². The molecule has 1 aliphatic rings. The highest BCUT2D eigenvalue weighted by molar-refractivity contribution is 7.12. The van der Waals surface area contributed by atoms with Crippen LogP contribution in [0.5, 0.6) is 0 Å². The van der Waals surface area contributed by atoms with E-state index in [9.17, 15) is 0 Å². The van der Waals surface area contributed by atoms with Crippen molar-refractivity contribution in [3.05, 3.63) is 21.9 Å². The molecule has 19 heavy (non-hydrogen) atoms. The maximum absolute atomic E-state index is 3.59. The summed E-state index contributed by atoms with van der Waals surface area (Å²) in [4.78, 5) is 3.05. The quantitative estimate of drug-likeness (QED) is 0.743. The third-order valence-corrected chi connectivity index (χ3v) is 5.95. The zero-order valence-electron chi connectivity index (χ0n) is 13.0. The summed E-state index contributed by atoms with van der Waals surface area (Å²) >= 11 is 2.01. The van der Waals surface area contributed by atoms with E-state index in [4.69, 9.17) is 0 Å². The van der Waals surface area contributed by atoms with Crippen molar-refractivity contribution in [3.63, 3.8) is 0 Å². The molecule has 1 unspecified atom stereocenters. The molecule has 2 heteroatoms. The molecule has 108 valence electrons. The van der Waals surface area contributed by atoms with Crippen molar-refractivity contribution in [1.29, 1.82) is 0 Å². The SMILES string of the molecule is CNC(c1ccc(C(C)(C)C)s1)C1CCCCCC1. The van der Waals surface area contributed by atoms with Gasteiger partial charge in [0.25, 0.3) is 0 Å². The van der Waals surface area contributed by atoms with Crippen LogP contribution in [0.4, 0.5) is 0 Å². The van der Waals surface area contributed by atoms with Gasteiger partial charge in [0.2, 0.25) is 0 Å². The summed E-state index contributed by atoms with van der Waals surface area (Å²) in [5.74, 6) is 0.832. The summed E-state index contributed by atoms with van der Waals surface area (Å²) in [6.07, 6.45) is 8.50. The van der Waals surface area contributed by atoms with Crippen molar-refractivity contribution in [1.82, 2.24) is 5.32 Å². The van der Waals surface area contributed by atoms with Gasteiger partial charge in [0.05, 0.1) is 0 Å². The molecule has 1 fully saturated rings. The second-order valence-corrected chi connectivity index (χ2v) is 8.09. The lowest BCUT2D eigenvalue weighted by Crippen LogP contribution is -2.24. The fraction of sp³-hybridized carbons (Fsp3) is 0.765. The molecule has 1 saturated carbocycles. The van der Waals surface area contributed by atoms with Crippen LogP contribution in [0.2, 0.25) is 0 Å². The van der Waals surface area contributed by atoms with Gasteiger partial charge in [-0.15, -0.1) is 11.3 Å². The Balaban J connectivity index is 2.14. The Bertz CT molecular complexity index is 380. The highest BCUT2D eigenvalue weighted by Gasteiger charge is 2.25. The Morgan fingerprint density at radius 2 is 1.74 bits per heavy atom. The number of nitrogens with one attached hydrogen (secondary N) is 1. The molecule has 0 amide bonds. The molecule has 1 aromatic heterocycles. The summed E-state index contributed by atoms with van der Waals surface area (Å²) in [6, 6.07) is 5.26. The Kier molecular flexibility index (Phi) is 5.08. The van der Waals surface area contributed by atoms with Crippen LogP contribution in [0.15, 0.2) is 12.1 Å². The van der Waals surface area contributed by atoms with E-state index in [1.165, 1.54) is 43.4 Å². The zero-order valence-corrected chi connectivity index (χ0v) is 13.8. The highest BCUT2D eigenvalue weighted by atomic mass is 32.1. The van der Waals surface area contributed by atoms with Gasteiger partial charge >= 0.3 is 0 Å².